The summed E-state index contributed by atoms with van der Waals surface area (Å²) >= 11 is 6.31. The van der Waals surface area contributed by atoms with Gasteiger partial charge in [-0.1, -0.05) is 24.4 Å². The number of phenols is 1. The molecule has 2 aliphatic rings. The summed E-state index contributed by atoms with van der Waals surface area (Å²) in [6, 6.07) is 3.87. The van der Waals surface area contributed by atoms with Gasteiger partial charge in [0.05, 0.1) is 0 Å². The van der Waals surface area contributed by atoms with Gasteiger partial charge in [-0.15, -0.1) is 0 Å². The van der Waals surface area contributed by atoms with Gasteiger partial charge >= 0.3 is 0 Å². The molecule has 0 bridgehead atoms. The van der Waals surface area contributed by atoms with E-state index in [0.717, 1.165) is 55.4 Å². The average Bonchev–Trinajstić information content (AvgIpc) is 2.54. The van der Waals surface area contributed by atoms with E-state index in [1.54, 1.807) is 0 Å². The molecule has 0 saturated carbocycles. The lowest BCUT2D eigenvalue weighted by molar-refractivity contribution is 0.213. The summed E-state index contributed by atoms with van der Waals surface area (Å²) in [7, 11) is 0. The highest BCUT2D eigenvalue weighted by molar-refractivity contribution is 6.30. The number of rotatable bonds is 4. The normalized spacial score (nSPS) is 21.1. The van der Waals surface area contributed by atoms with Crippen molar-refractivity contribution in [3.8, 4) is 5.75 Å². The largest absolute Gasteiger partial charge is 0.507 e. The second-order valence-electron chi connectivity index (χ2n) is 6.75. The zero-order valence-electron chi connectivity index (χ0n) is 13.4. The van der Waals surface area contributed by atoms with Crippen LogP contribution in [0, 0.1) is 0 Å². The van der Waals surface area contributed by atoms with Crippen molar-refractivity contribution in [2.75, 3.05) is 26.2 Å². The molecule has 122 valence electrons. The Kier molecular flexibility index (Phi) is 5.61. The maximum atomic E-state index is 10.7. The Morgan fingerprint density at radius 3 is 1.59 bits per heavy atom. The summed E-state index contributed by atoms with van der Waals surface area (Å²) in [5, 5.41) is 11.4. The molecule has 0 amide bonds. The van der Waals surface area contributed by atoms with Crippen LogP contribution in [-0.2, 0) is 13.1 Å². The van der Waals surface area contributed by atoms with Crippen molar-refractivity contribution in [3.05, 3.63) is 28.3 Å². The van der Waals surface area contributed by atoms with Gasteiger partial charge in [-0.05, 0) is 64.0 Å². The van der Waals surface area contributed by atoms with Gasteiger partial charge in [0.15, 0.2) is 0 Å². The molecule has 0 spiro atoms. The smallest absolute Gasteiger partial charge is 0.124 e. The molecule has 0 aliphatic carbocycles. The zero-order valence-corrected chi connectivity index (χ0v) is 14.1. The topological polar surface area (TPSA) is 26.7 Å². The van der Waals surface area contributed by atoms with E-state index in [9.17, 15) is 5.11 Å². The molecule has 1 aromatic rings. The molecule has 22 heavy (non-hydrogen) atoms. The van der Waals surface area contributed by atoms with E-state index in [0.29, 0.717) is 5.75 Å². The standard InChI is InChI=1S/C18H27ClN2O/c19-17-11-15(13-20-7-3-1-4-8-20)18(22)16(12-17)14-21-9-5-2-6-10-21/h11-12,22H,1-10,13-14H2. The summed E-state index contributed by atoms with van der Waals surface area (Å²) in [5.41, 5.74) is 1.97. The maximum Gasteiger partial charge on any atom is 0.124 e. The predicted molar refractivity (Wildman–Crippen MR) is 91.4 cm³/mol. The highest BCUT2D eigenvalue weighted by Crippen LogP contribution is 2.30. The van der Waals surface area contributed by atoms with Crippen LogP contribution in [0.1, 0.15) is 49.7 Å². The highest BCUT2D eigenvalue weighted by Gasteiger charge is 2.18. The van der Waals surface area contributed by atoms with Crippen LogP contribution < -0.4 is 0 Å². The third kappa shape index (κ3) is 4.15. The zero-order chi connectivity index (χ0) is 15.4. The molecule has 3 nitrogen and oxygen atoms in total. The van der Waals surface area contributed by atoms with Gasteiger partial charge < -0.3 is 5.11 Å². The quantitative estimate of drug-likeness (QED) is 0.907. The third-order valence-corrected chi connectivity index (χ3v) is 5.14. The van der Waals surface area contributed by atoms with E-state index >= 15 is 0 Å². The van der Waals surface area contributed by atoms with Crippen LogP contribution in [0.5, 0.6) is 5.75 Å². The van der Waals surface area contributed by atoms with E-state index in [1.807, 2.05) is 12.1 Å². The van der Waals surface area contributed by atoms with Crippen molar-refractivity contribution in [1.82, 2.24) is 9.80 Å². The van der Waals surface area contributed by atoms with E-state index in [4.69, 9.17) is 11.6 Å². The Bertz CT molecular complexity index is 453. The number of piperidine rings is 2. The van der Waals surface area contributed by atoms with Crippen LogP contribution in [-0.4, -0.2) is 41.1 Å². The fraction of sp³-hybridized carbons (Fsp3) is 0.667. The second-order valence-corrected chi connectivity index (χ2v) is 7.18. The molecular weight excluding hydrogens is 296 g/mol. The van der Waals surface area contributed by atoms with Gasteiger partial charge in [0.1, 0.15) is 5.75 Å². The van der Waals surface area contributed by atoms with Crippen LogP contribution in [0.4, 0.5) is 0 Å². The van der Waals surface area contributed by atoms with Crippen molar-refractivity contribution in [2.24, 2.45) is 0 Å². The van der Waals surface area contributed by atoms with Gasteiger partial charge in [0.2, 0.25) is 0 Å². The lowest BCUT2D eigenvalue weighted by atomic mass is 10.0. The molecule has 0 radical (unpaired) electrons. The van der Waals surface area contributed by atoms with Gasteiger partial charge in [-0.3, -0.25) is 9.80 Å². The van der Waals surface area contributed by atoms with Gasteiger partial charge in [0, 0.05) is 29.2 Å². The number of benzene rings is 1. The van der Waals surface area contributed by atoms with Crippen LogP contribution in [0.25, 0.3) is 0 Å². The van der Waals surface area contributed by atoms with Crippen molar-refractivity contribution in [1.29, 1.82) is 0 Å². The van der Waals surface area contributed by atoms with Crippen molar-refractivity contribution < 1.29 is 5.11 Å². The maximum absolute atomic E-state index is 10.7. The summed E-state index contributed by atoms with van der Waals surface area (Å²) in [5.74, 6) is 0.459. The predicted octanol–water partition coefficient (Wildman–Crippen LogP) is 4.02. The van der Waals surface area contributed by atoms with E-state index in [-0.39, 0.29) is 0 Å². The fourth-order valence-electron chi connectivity index (χ4n) is 3.68. The molecule has 3 rings (SSSR count). The van der Waals surface area contributed by atoms with E-state index in [2.05, 4.69) is 9.80 Å². The molecule has 0 unspecified atom stereocenters. The van der Waals surface area contributed by atoms with Crippen LogP contribution in [0.3, 0.4) is 0 Å². The molecule has 1 N–H and O–H groups in total. The summed E-state index contributed by atoms with van der Waals surface area (Å²) in [6.07, 6.45) is 7.73. The SMILES string of the molecule is Oc1c(CN2CCCCC2)cc(Cl)cc1CN1CCCCC1. The molecular formula is C18H27ClN2O. The number of nitrogens with zero attached hydrogens (tertiary/aromatic N) is 2. The third-order valence-electron chi connectivity index (χ3n) is 4.92. The molecule has 2 heterocycles. The Balaban J connectivity index is 1.72. The van der Waals surface area contributed by atoms with Gasteiger partial charge in [-0.25, -0.2) is 0 Å². The molecule has 2 fully saturated rings. The van der Waals surface area contributed by atoms with E-state index < -0.39 is 0 Å². The highest BCUT2D eigenvalue weighted by atomic mass is 35.5. The Hall–Kier alpha value is -0.770. The number of phenolic OH excluding ortho intramolecular Hbond substituents is 1. The number of aromatic hydroxyl groups is 1. The van der Waals surface area contributed by atoms with Crippen LogP contribution >= 0.6 is 11.6 Å². The minimum Gasteiger partial charge on any atom is -0.507 e. The fourth-order valence-corrected chi connectivity index (χ4v) is 3.94. The monoisotopic (exact) mass is 322 g/mol. The average molecular weight is 323 g/mol. The minimum absolute atomic E-state index is 0.459. The number of likely N-dealkylation sites (tertiary alicyclic amines) is 2. The first-order chi connectivity index (χ1) is 10.7. The second kappa shape index (κ2) is 7.67. The van der Waals surface area contributed by atoms with E-state index in [1.165, 1.54) is 38.5 Å². The number of hydrogen-bond acceptors (Lipinski definition) is 3. The van der Waals surface area contributed by atoms with Crippen LogP contribution in [0.15, 0.2) is 12.1 Å². The summed E-state index contributed by atoms with van der Waals surface area (Å²) < 4.78 is 0. The Morgan fingerprint density at radius 1 is 0.773 bits per heavy atom. The molecule has 4 heteroatoms. The molecule has 2 saturated heterocycles. The molecule has 0 aromatic heterocycles. The summed E-state index contributed by atoms with van der Waals surface area (Å²) in [4.78, 5) is 4.86. The number of halogens is 1. The molecule has 2 aliphatic heterocycles. The number of hydrogen-bond donors (Lipinski definition) is 1. The van der Waals surface area contributed by atoms with Crippen LogP contribution in [0.2, 0.25) is 5.02 Å². The lowest BCUT2D eigenvalue weighted by Gasteiger charge is -2.29. The first-order valence-electron chi connectivity index (χ1n) is 8.67. The molecule has 1 aromatic carbocycles. The lowest BCUT2D eigenvalue weighted by Crippen LogP contribution is -2.30. The Labute approximate surface area is 138 Å². The van der Waals surface area contributed by atoms with Gasteiger partial charge in [0.25, 0.3) is 0 Å². The molecule has 0 atom stereocenters. The first-order valence-corrected chi connectivity index (χ1v) is 9.05. The first kappa shape index (κ1) is 16.1. The Morgan fingerprint density at radius 2 is 1.18 bits per heavy atom. The summed E-state index contributed by atoms with van der Waals surface area (Å²) in [6.45, 7) is 6.17. The minimum atomic E-state index is 0.459. The van der Waals surface area contributed by atoms with Crippen molar-refractivity contribution in [2.45, 2.75) is 51.6 Å². The van der Waals surface area contributed by atoms with Gasteiger partial charge in [-0.2, -0.15) is 0 Å². The van der Waals surface area contributed by atoms with Crippen molar-refractivity contribution >= 4 is 11.6 Å². The van der Waals surface area contributed by atoms with Crippen molar-refractivity contribution in [3.63, 3.8) is 0 Å².